The summed E-state index contributed by atoms with van der Waals surface area (Å²) in [5.74, 6) is 0.625. The van der Waals surface area contributed by atoms with Gasteiger partial charge in [0.2, 0.25) is 17.2 Å². The van der Waals surface area contributed by atoms with Gasteiger partial charge in [0.05, 0.1) is 6.61 Å². The fraction of sp³-hybridized carbons (Fsp3) is 0.700. The van der Waals surface area contributed by atoms with E-state index in [9.17, 15) is 0 Å². The zero-order valence-electron chi connectivity index (χ0n) is 10.4. The first-order chi connectivity index (χ1) is 8.08. The van der Waals surface area contributed by atoms with Gasteiger partial charge in [0.1, 0.15) is 0 Å². The Labute approximate surface area is 106 Å². The highest BCUT2D eigenvalue weighted by molar-refractivity contribution is 6.28. The predicted molar refractivity (Wildman–Crippen MR) is 68.2 cm³/mol. The molecule has 96 valence electrons. The molecule has 0 fully saturated rings. The molecular formula is C10H18ClN5O. The molecule has 2 N–H and O–H groups in total. The minimum absolute atomic E-state index is 0.109. The number of anilines is 2. The van der Waals surface area contributed by atoms with Crippen LogP contribution in [-0.2, 0) is 4.74 Å². The third kappa shape index (κ3) is 3.98. The first-order valence-electron chi connectivity index (χ1n) is 5.51. The SMILES string of the molecule is CCC(C)N(CCOC)c1nc(N)nc(Cl)n1. The summed E-state index contributed by atoms with van der Waals surface area (Å²) in [7, 11) is 1.66. The van der Waals surface area contributed by atoms with Gasteiger partial charge in [0.15, 0.2) is 0 Å². The van der Waals surface area contributed by atoms with Gasteiger partial charge in [-0.3, -0.25) is 0 Å². The lowest BCUT2D eigenvalue weighted by atomic mass is 10.2. The number of methoxy groups -OCH3 is 1. The molecule has 0 radical (unpaired) electrons. The van der Waals surface area contributed by atoms with E-state index in [1.54, 1.807) is 7.11 Å². The lowest BCUT2D eigenvalue weighted by molar-refractivity contribution is 0.203. The number of aromatic nitrogens is 3. The number of ether oxygens (including phenoxy) is 1. The molecule has 0 spiro atoms. The van der Waals surface area contributed by atoms with Gasteiger partial charge in [-0.1, -0.05) is 6.92 Å². The minimum atomic E-state index is 0.109. The van der Waals surface area contributed by atoms with E-state index in [0.29, 0.717) is 19.1 Å². The molecule has 0 bridgehead atoms. The van der Waals surface area contributed by atoms with Crippen molar-refractivity contribution in [3.05, 3.63) is 5.28 Å². The molecule has 0 saturated heterocycles. The summed E-state index contributed by atoms with van der Waals surface area (Å²) in [5.41, 5.74) is 5.56. The highest BCUT2D eigenvalue weighted by Crippen LogP contribution is 2.16. The van der Waals surface area contributed by atoms with Crippen LogP contribution in [0.4, 0.5) is 11.9 Å². The minimum Gasteiger partial charge on any atom is -0.383 e. The Bertz CT molecular complexity index is 342. The molecule has 1 atom stereocenters. The van der Waals surface area contributed by atoms with Crippen molar-refractivity contribution in [2.45, 2.75) is 26.3 Å². The molecule has 7 heteroatoms. The molecule has 0 aliphatic heterocycles. The molecule has 6 nitrogen and oxygen atoms in total. The molecule has 1 rings (SSSR count). The van der Waals surface area contributed by atoms with Crippen molar-refractivity contribution in [1.82, 2.24) is 15.0 Å². The zero-order valence-corrected chi connectivity index (χ0v) is 11.1. The molecule has 1 aromatic rings. The largest absolute Gasteiger partial charge is 0.383 e. The summed E-state index contributed by atoms with van der Waals surface area (Å²) >= 11 is 5.78. The molecular weight excluding hydrogens is 242 g/mol. The number of hydrogen-bond acceptors (Lipinski definition) is 6. The molecule has 0 aliphatic rings. The van der Waals surface area contributed by atoms with Crippen molar-refractivity contribution in [1.29, 1.82) is 0 Å². The van der Waals surface area contributed by atoms with Crippen LogP contribution in [0.5, 0.6) is 0 Å². The number of hydrogen-bond donors (Lipinski definition) is 1. The Hall–Kier alpha value is -1.14. The fourth-order valence-corrected chi connectivity index (χ4v) is 1.57. The molecule has 0 aliphatic carbocycles. The van der Waals surface area contributed by atoms with Gasteiger partial charge in [0.25, 0.3) is 0 Å². The molecule has 0 amide bonds. The lowest BCUT2D eigenvalue weighted by Crippen LogP contribution is -2.37. The molecule has 0 aromatic carbocycles. The number of nitrogens with zero attached hydrogens (tertiary/aromatic N) is 4. The number of nitrogens with two attached hydrogens (primary N) is 1. The van der Waals surface area contributed by atoms with Crippen molar-refractivity contribution in [3.63, 3.8) is 0 Å². The number of halogens is 1. The Kier molecular flexibility index (Phi) is 5.37. The summed E-state index contributed by atoms with van der Waals surface area (Å²) < 4.78 is 5.07. The average Bonchev–Trinajstić information content (AvgIpc) is 2.28. The van der Waals surface area contributed by atoms with Crippen molar-refractivity contribution in [3.8, 4) is 0 Å². The standard InChI is InChI=1S/C10H18ClN5O/c1-4-7(2)16(5-6-17-3)10-14-8(11)13-9(12)15-10/h7H,4-6H2,1-3H3,(H2,12,13,14,15). The van der Waals surface area contributed by atoms with Gasteiger partial charge >= 0.3 is 0 Å². The maximum absolute atomic E-state index is 5.78. The smallest absolute Gasteiger partial charge is 0.231 e. The van der Waals surface area contributed by atoms with Crippen LogP contribution in [0.3, 0.4) is 0 Å². The van der Waals surface area contributed by atoms with Crippen molar-refractivity contribution >= 4 is 23.5 Å². The predicted octanol–water partition coefficient (Wildman–Crippen LogP) is 1.36. The van der Waals surface area contributed by atoms with Crippen LogP contribution >= 0.6 is 11.6 Å². The summed E-state index contributed by atoms with van der Waals surface area (Å²) in [5, 5.41) is 0.109. The molecule has 1 aromatic heterocycles. The highest BCUT2D eigenvalue weighted by Gasteiger charge is 2.16. The van der Waals surface area contributed by atoms with Gasteiger partial charge in [-0.2, -0.15) is 15.0 Å². The highest BCUT2D eigenvalue weighted by atomic mass is 35.5. The van der Waals surface area contributed by atoms with E-state index in [4.69, 9.17) is 22.1 Å². The van der Waals surface area contributed by atoms with E-state index in [2.05, 4.69) is 28.8 Å². The van der Waals surface area contributed by atoms with Crippen LogP contribution in [0.25, 0.3) is 0 Å². The Balaban J connectivity index is 2.94. The van der Waals surface area contributed by atoms with Crippen molar-refractivity contribution in [2.24, 2.45) is 0 Å². The number of nitrogen functional groups attached to an aromatic ring is 1. The molecule has 1 unspecified atom stereocenters. The summed E-state index contributed by atoms with van der Waals surface area (Å²) in [6.45, 7) is 5.46. The van der Waals surface area contributed by atoms with E-state index >= 15 is 0 Å². The van der Waals surface area contributed by atoms with Crippen LogP contribution in [-0.4, -0.2) is 41.3 Å². The van der Waals surface area contributed by atoms with Crippen molar-refractivity contribution in [2.75, 3.05) is 30.9 Å². The third-order valence-corrected chi connectivity index (χ3v) is 2.70. The van der Waals surface area contributed by atoms with E-state index in [0.717, 1.165) is 6.42 Å². The van der Waals surface area contributed by atoms with Crippen LogP contribution in [0.15, 0.2) is 0 Å². The van der Waals surface area contributed by atoms with Gasteiger partial charge in [0, 0.05) is 19.7 Å². The molecule has 0 saturated carbocycles. The summed E-state index contributed by atoms with van der Waals surface area (Å²) in [6.07, 6.45) is 0.965. The van der Waals surface area contributed by atoms with Crippen LogP contribution in [0.2, 0.25) is 5.28 Å². The van der Waals surface area contributed by atoms with Crippen LogP contribution < -0.4 is 10.6 Å². The van der Waals surface area contributed by atoms with E-state index < -0.39 is 0 Å². The second-order valence-corrected chi connectivity index (χ2v) is 4.04. The summed E-state index contributed by atoms with van der Waals surface area (Å²) in [6, 6.07) is 0.281. The van der Waals surface area contributed by atoms with Gasteiger partial charge in [-0.05, 0) is 24.9 Å². The maximum Gasteiger partial charge on any atom is 0.231 e. The first kappa shape index (κ1) is 13.9. The zero-order chi connectivity index (χ0) is 12.8. The lowest BCUT2D eigenvalue weighted by Gasteiger charge is -2.28. The van der Waals surface area contributed by atoms with Gasteiger partial charge in [-0.25, -0.2) is 0 Å². The fourth-order valence-electron chi connectivity index (χ4n) is 1.41. The number of rotatable bonds is 6. The second kappa shape index (κ2) is 6.56. The van der Waals surface area contributed by atoms with Crippen LogP contribution in [0.1, 0.15) is 20.3 Å². The van der Waals surface area contributed by atoms with E-state index in [1.807, 2.05) is 4.90 Å². The summed E-state index contributed by atoms with van der Waals surface area (Å²) in [4.78, 5) is 13.9. The Morgan fingerprint density at radius 3 is 2.65 bits per heavy atom. The van der Waals surface area contributed by atoms with E-state index in [-0.39, 0.29) is 17.3 Å². The molecule has 17 heavy (non-hydrogen) atoms. The monoisotopic (exact) mass is 259 g/mol. The Morgan fingerprint density at radius 2 is 2.12 bits per heavy atom. The van der Waals surface area contributed by atoms with Crippen LogP contribution in [0, 0.1) is 0 Å². The first-order valence-corrected chi connectivity index (χ1v) is 5.88. The average molecular weight is 260 g/mol. The normalized spacial score (nSPS) is 12.5. The second-order valence-electron chi connectivity index (χ2n) is 3.71. The van der Waals surface area contributed by atoms with Crippen molar-refractivity contribution < 1.29 is 4.74 Å². The maximum atomic E-state index is 5.78. The van der Waals surface area contributed by atoms with Gasteiger partial charge in [-0.15, -0.1) is 0 Å². The quantitative estimate of drug-likeness (QED) is 0.831. The third-order valence-electron chi connectivity index (χ3n) is 2.53. The topological polar surface area (TPSA) is 77.2 Å². The molecule has 1 heterocycles. The Morgan fingerprint density at radius 1 is 1.41 bits per heavy atom. The van der Waals surface area contributed by atoms with Gasteiger partial charge < -0.3 is 15.4 Å². The van der Waals surface area contributed by atoms with E-state index in [1.165, 1.54) is 0 Å².